The summed E-state index contributed by atoms with van der Waals surface area (Å²) in [6.45, 7) is 11.4. The summed E-state index contributed by atoms with van der Waals surface area (Å²) in [5.74, 6) is 1.73. The zero-order chi connectivity index (χ0) is 41.9. The van der Waals surface area contributed by atoms with E-state index in [0.717, 1.165) is 56.8 Å². The van der Waals surface area contributed by atoms with Gasteiger partial charge in [0.1, 0.15) is 11.5 Å². The molecule has 10 aromatic carbocycles. The molecule has 2 aliphatic heterocycles. The molecule has 3 nitrogen and oxygen atoms in total. The maximum absolute atomic E-state index is 6.78. The highest BCUT2D eigenvalue weighted by atomic mass is 16.5. The Balaban J connectivity index is 1.30. The average molecular weight is 799 g/mol. The van der Waals surface area contributed by atoms with Gasteiger partial charge in [-0.2, -0.15) is 0 Å². The minimum Gasteiger partial charge on any atom is -0.457 e. The van der Waals surface area contributed by atoms with Crippen molar-refractivity contribution in [2.45, 2.75) is 45.4 Å². The Bertz CT molecular complexity index is 3210. The third-order valence-corrected chi connectivity index (χ3v) is 13.6. The van der Waals surface area contributed by atoms with Gasteiger partial charge < -0.3 is 14.5 Å². The molecule has 12 rings (SSSR count). The van der Waals surface area contributed by atoms with Crippen LogP contribution < -0.4 is 14.5 Å². The van der Waals surface area contributed by atoms with E-state index in [1.807, 2.05) is 0 Å². The summed E-state index contributed by atoms with van der Waals surface area (Å²) >= 11 is 0. The lowest BCUT2D eigenvalue weighted by molar-refractivity contribution is 0.434. The van der Waals surface area contributed by atoms with Crippen molar-refractivity contribution in [3.05, 3.63) is 227 Å². The number of ether oxygens (including phenoxy) is 1. The van der Waals surface area contributed by atoms with Gasteiger partial charge in [-0.25, -0.2) is 0 Å². The fraction of sp³-hybridized carbons (Fsp3) is 0.119. The summed E-state index contributed by atoms with van der Waals surface area (Å²) < 4.78 is 6.78. The molecule has 62 heavy (non-hydrogen) atoms. The van der Waals surface area contributed by atoms with E-state index in [4.69, 9.17) is 4.74 Å². The van der Waals surface area contributed by atoms with E-state index in [0.29, 0.717) is 0 Å². The normalized spacial score (nSPS) is 14.1. The summed E-state index contributed by atoms with van der Waals surface area (Å²) in [7, 11) is 0. The Hall–Kier alpha value is -7.36. The number of hydrogen-bond acceptors (Lipinski definition) is 3. The van der Waals surface area contributed by atoms with Crippen LogP contribution in [0.25, 0.3) is 32.3 Å². The predicted molar refractivity (Wildman–Crippen MR) is 260 cm³/mol. The highest BCUT2D eigenvalue weighted by Crippen LogP contribution is 2.58. The first-order valence-corrected chi connectivity index (χ1v) is 21.8. The second-order valence-corrected chi connectivity index (χ2v) is 18.3. The van der Waals surface area contributed by atoms with Crippen LogP contribution in [0.5, 0.6) is 11.5 Å². The zero-order valence-corrected chi connectivity index (χ0v) is 35.7. The molecule has 0 radical (unpaired) electrons. The van der Waals surface area contributed by atoms with E-state index in [2.05, 4.69) is 232 Å². The number of anilines is 6. The molecule has 6 bridgehead atoms. The first kappa shape index (κ1) is 36.5. The number of benzene rings is 10. The third-order valence-electron chi connectivity index (χ3n) is 13.6. The largest absolute Gasteiger partial charge is 0.457 e. The summed E-state index contributed by atoms with van der Waals surface area (Å²) in [6.07, 6.45) is 0. The van der Waals surface area contributed by atoms with Crippen LogP contribution in [0.3, 0.4) is 0 Å². The third kappa shape index (κ3) is 5.18. The van der Waals surface area contributed by atoms with Crippen molar-refractivity contribution in [1.29, 1.82) is 0 Å². The van der Waals surface area contributed by atoms with Gasteiger partial charge in [-0.3, -0.25) is 0 Å². The van der Waals surface area contributed by atoms with Gasteiger partial charge in [0, 0.05) is 50.0 Å². The van der Waals surface area contributed by atoms with Crippen LogP contribution in [0.1, 0.15) is 59.7 Å². The molecule has 298 valence electrons. The van der Waals surface area contributed by atoms with Crippen LogP contribution in [0.2, 0.25) is 0 Å². The Morgan fingerprint density at radius 3 is 1.37 bits per heavy atom. The van der Waals surface area contributed by atoms with Crippen molar-refractivity contribution in [3.8, 4) is 11.5 Å². The Morgan fingerprint density at radius 2 is 0.887 bits per heavy atom. The number of nitrogens with zero attached hydrogens (tertiary/aromatic N) is 2. The lowest BCUT2D eigenvalue weighted by Crippen LogP contribution is -2.34. The molecular weight excluding hydrogens is 753 g/mol. The van der Waals surface area contributed by atoms with E-state index in [1.165, 1.54) is 60.1 Å². The Labute approximate surface area is 363 Å². The summed E-state index contributed by atoms with van der Waals surface area (Å²) in [4.78, 5) is 5.04. The van der Waals surface area contributed by atoms with Gasteiger partial charge in [-0.1, -0.05) is 154 Å². The van der Waals surface area contributed by atoms with Crippen molar-refractivity contribution in [2.24, 2.45) is 0 Å². The Kier molecular flexibility index (Phi) is 7.84. The fourth-order valence-electron chi connectivity index (χ4n) is 10.7. The number of aryl methyl sites for hydroxylation is 2. The minimum absolute atomic E-state index is 0.0106. The van der Waals surface area contributed by atoms with E-state index in [9.17, 15) is 0 Å². The average Bonchev–Trinajstić information content (AvgIpc) is 3.29. The van der Waals surface area contributed by atoms with Crippen molar-refractivity contribution >= 4 is 66.4 Å². The number of para-hydroxylation sites is 4. The standard InChI is InChI=1S/C59H46N2O/c1-37-16-6-10-24-50(37)60-44-20-14-18-41(34-44)59(48-22-8-12-26-54(48)62-55-27-13-9-23-49(55)59)42-19-15-21-45(35-42)61(51-25-11-7-17-38(51)2)53-36-52(60)46-30-28-39-32-43(58(3,4)5)33-40-29-31-47(53)57(46)56(39)40/h6-36H,1-5H3. The van der Waals surface area contributed by atoms with Gasteiger partial charge >= 0.3 is 0 Å². The fourth-order valence-corrected chi connectivity index (χ4v) is 10.7. The van der Waals surface area contributed by atoms with E-state index in [-0.39, 0.29) is 5.41 Å². The van der Waals surface area contributed by atoms with Crippen LogP contribution in [-0.2, 0) is 10.8 Å². The van der Waals surface area contributed by atoms with E-state index >= 15 is 0 Å². The van der Waals surface area contributed by atoms with Crippen LogP contribution >= 0.6 is 0 Å². The second kappa shape index (κ2) is 13.3. The van der Waals surface area contributed by atoms with Crippen molar-refractivity contribution in [1.82, 2.24) is 0 Å². The van der Waals surface area contributed by atoms with Crippen molar-refractivity contribution < 1.29 is 4.74 Å². The lowest BCUT2D eigenvalue weighted by atomic mass is 9.63. The topological polar surface area (TPSA) is 15.7 Å². The van der Waals surface area contributed by atoms with E-state index < -0.39 is 5.41 Å². The van der Waals surface area contributed by atoms with Crippen molar-refractivity contribution in [3.63, 3.8) is 0 Å². The number of rotatable bonds is 2. The summed E-state index contributed by atoms with van der Waals surface area (Å²) in [5.41, 5.74) is 14.3. The first-order chi connectivity index (χ1) is 30.2. The monoisotopic (exact) mass is 798 g/mol. The number of hydrogen-bond donors (Lipinski definition) is 0. The smallest absolute Gasteiger partial charge is 0.132 e. The van der Waals surface area contributed by atoms with Gasteiger partial charge in [0.15, 0.2) is 0 Å². The molecule has 2 aliphatic rings. The SMILES string of the molecule is Cc1ccccc1N1c2cccc(c2)C2(c3cccc(c3)N(c3ccccc3C)c3cc1c1ccc4cc(C(C)(C)C)cc5ccc3c1c45)c1ccccc1Oc1ccccc12. The van der Waals surface area contributed by atoms with Gasteiger partial charge in [-0.05, 0) is 118 Å². The molecule has 0 aromatic heterocycles. The highest BCUT2D eigenvalue weighted by Gasteiger charge is 2.46. The second-order valence-electron chi connectivity index (χ2n) is 18.3. The van der Waals surface area contributed by atoms with E-state index in [1.54, 1.807) is 0 Å². The van der Waals surface area contributed by atoms with Crippen LogP contribution in [-0.4, -0.2) is 0 Å². The molecule has 0 aliphatic carbocycles. The van der Waals surface area contributed by atoms with Gasteiger partial charge in [0.25, 0.3) is 0 Å². The molecular formula is C59H46N2O. The number of fused-ring (bicyclic) bond motifs is 14. The van der Waals surface area contributed by atoms with Gasteiger partial charge in [0.2, 0.25) is 0 Å². The predicted octanol–water partition coefficient (Wildman–Crippen LogP) is 16.2. The summed E-state index contributed by atoms with van der Waals surface area (Å²) in [5, 5.41) is 7.54. The van der Waals surface area contributed by atoms with Gasteiger partial charge in [0.05, 0.1) is 16.8 Å². The zero-order valence-electron chi connectivity index (χ0n) is 35.7. The maximum Gasteiger partial charge on any atom is 0.132 e. The molecule has 10 aromatic rings. The molecule has 3 heteroatoms. The molecule has 0 atom stereocenters. The quantitative estimate of drug-likeness (QED) is 0.162. The first-order valence-electron chi connectivity index (χ1n) is 21.8. The van der Waals surface area contributed by atoms with Crippen LogP contribution in [0.15, 0.2) is 188 Å². The molecule has 1 spiro atoms. The molecule has 0 fully saturated rings. The van der Waals surface area contributed by atoms with Gasteiger partial charge in [-0.15, -0.1) is 0 Å². The van der Waals surface area contributed by atoms with Crippen LogP contribution in [0.4, 0.5) is 34.1 Å². The summed E-state index contributed by atoms with van der Waals surface area (Å²) in [6, 6.07) is 70.2. The van der Waals surface area contributed by atoms with Crippen LogP contribution in [0, 0.1) is 13.8 Å². The molecule has 0 saturated carbocycles. The molecule has 0 amide bonds. The maximum atomic E-state index is 6.78. The molecule has 0 N–H and O–H groups in total. The lowest BCUT2D eigenvalue weighted by Gasteiger charge is -2.43. The highest BCUT2D eigenvalue weighted by molar-refractivity contribution is 6.29. The van der Waals surface area contributed by atoms with Crippen molar-refractivity contribution in [2.75, 3.05) is 9.80 Å². The Morgan fingerprint density at radius 1 is 0.419 bits per heavy atom. The molecule has 0 saturated heterocycles. The molecule has 0 unspecified atom stereocenters. The minimum atomic E-state index is -0.717. The molecule has 2 heterocycles.